The monoisotopic (exact) mass is 433 g/mol. The number of nitrogens with zero attached hydrogens (tertiary/aromatic N) is 4. The molecule has 3 heterocycles. The van der Waals surface area contributed by atoms with Crippen molar-refractivity contribution in [3.8, 4) is 11.5 Å². The summed E-state index contributed by atoms with van der Waals surface area (Å²) in [5, 5.41) is 3.52. The third kappa shape index (κ3) is 3.41. The Morgan fingerprint density at radius 3 is 2.50 bits per heavy atom. The number of carbonyl (C=O) groups is 2. The maximum atomic E-state index is 13.2. The molecular weight excluding hydrogens is 406 g/mol. The summed E-state index contributed by atoms with van der Waals surface area (Å²) in [6.45, 7) is 5.55. The van der Waals surface area contributed by atoms with E-state index in [4.69, 9.17) is 4.74 Å². The molecule has 3 aliphatic rings. The highest BCUT2D eigenvalue weighted by atomic mass is 16.5. The second-order valence-electron chi connectivity index (χ2n) is 8.25. The summed E-state index contributed by atoms with van der Waals surface area (Å²) >= 11 is 0. The predicted octanol–water partition coefficient (Wildman–Crippen LogP) is 2.65. The van der Waals surface area contributed by atoms with Crippen molar-refractivity contribution in [2.75, 3.05) is 31.6 Å². The first-order valence-corrected chi connectivity index (χ1v) is 10.9. The molecule has 0 saturated carbocycles. The van der Waals surface area contributed by atoms with Crippen LogP contribution in [0.1, 0.15) is 6.42 Å². The summed E-state index contributed by atoms with van der Waals surface area (Å²) in [6.07, 6.45) is 1.99. The summed E-state index contributed by atoms with van der Waals surface area (Å²) in [6, 6.07) is 17.0. The number of rotatable bonds is 5. The van der Waals surface area contributed by atoms with E-state index in [-0.39, 0.29) is 30.9 Å². The molecule has 3 saturated heterocycles. The first kappa shape index (κ1) is 20.5. The maximum absolute atomic E-state index is 13.2. The number of fused-ring (bicyclic) bond motifs is 3. The van der Waals surface area contributed by atoms with Gasteiger partial charge in [0.15, 0.2) is 0 Å². The van der Waals surface area contributed by atoms with E-state index in [1.165, 1.54) is 4.90 Å². The van der Waals surface area contributed by atoms with E-state index in [1.54, 1.807) is 18.0 Å². The van der Waals surface area contributed by atoms with Crippen molar-refractivity contribution in [3.63, 3.8) is 0 Å². The van der Waals surface area contributed by atoms with Crippen LogP contribution in [-0.2, 0) is 4.79 Å². The first-order valence-electron chi connectivity index (χ1n) is 10.9. The molecule has 0 aliphatic carbocycles. The molecule has 32 heavy (non-hydrogen) atoms. The number of amides is 3. The first-order chi connectivity index (χ1) is 15.6. The lowest BCUT2D eigenvalue weighted by Crippen LogP contribution is -2.66. The quantitative estimate of drug-likeness (QED) is 0.732. The lowest BCUT2D eigenvalue weighted by molar-refractivity contribution is -0.138. The van der Waals surface area contributed by atoms with Crippen molar-refractivity contribution in [2.24, 2.45) is 0 Å². The third-order valence-corrected chi connectivity index (χ3v) is 6.33. The number of urea groups is 1. The minimum Gasteiger partial charge on any atom is -0.457 e. The van der Waals surface area contributed by atoms with Gasteiger partial charge in [0, 0.05) is 32.4 Å². The Labute approximate surface area is 187 Å². The van der Waals surface area contributed by atoms with Crippen LogP contribution in [0.25, 0.3) is 0 Å². The fourth-order valence-corrected chi connectivity index (χ4v) is 4.81. The van der Waals surface area contributed by atoms with Gasteiger partial charge in [-0.15, -0.1) is 6.58 Å². The lowest BCUT2D eigenvalue weighted by atomic mass is 10.1. The minimum atomic E-state index is -0.411. The van der Waals surface area contributed by atoms with Gasteiger partial charge in [-0.2, -0.15) is 0 Å². The second-order valence-corrected chi connectivity index (χ2v) is 8.25. The topological polar surface area (TPSA) is 68.4 Å². The molecule has 2 aromatic rings. The van der Waals surface area contributed by atoms with Gasteiger partial charge in [-0.3, -0.25) is 19.9 Å². The van der Waals surface area contributed by atoms with E-state index in [1.807, 2.05) is 54.6 Å². The maximum Gasteiger partial charge on any atom is 0.328 e. The van der Waals surface area contributed by atoms with Crippen LogP contribution < -0.4 is 15.0 Å². The average molecular weight is 434 g/mol. The molecule has 3 atom stereocenters. The van der Waals surface area contributed by atoms with Gasteiger partial charge in [0.2, 0.25) is 0 Å². The second kappa shape index (κ2) is 8.29. The smallest absolute Gasteiger partial charge is 0.328 e. The highest BCUT2D eigenvalue weighted by Gasteiger charge is 2.55. The van der Waals surface area contributed by atoms with Crippen molar-refractivity contribution < 1.29 is 14.3 Å². The number of likely N-dealkylation sites (N-methyl/N-ethyl adjacent to an activating group) is 1. The fraction of sp³-hybridized carbons (Fsp3) is 0.333. The van der Waals surface area contributed by atoms with Gasteiger partial charge in [0.05, 0.1) is 0 Å². The molecule has 2 aromatic carbocycles. The van der Waals surface area contributed by atoms with Crippen molar-refractivity contribution in [1.82, 2.24) is 20.0 Å². The molecule has 166 valence electrons. The standard InChI is InChI=1S/C24H27N5O3/c1-3-14-29-22(30)20-21(26(2)24(29)31)25-23-27(15-7-16-28(20)23)17-10-12-19(13-11-17)32-18-8-5-4-6-9-18/h3-6,8-13,20-21,23,25H,1,7,14-16H2,2H3. The Balaban J connectivity index is 1.37. The Morgan fingerprint density at radius 2 is 1.78 bits per heavy atom. The van der Waals surface area contributed by atoms with E-state index >= 15 is 0 Å². The molecule has 5 rings (SSSR count). The van der Waals surface area contributed by atoms with Crippen LogP contribution in [0.4, 0.5) is 10.5 Å². The zero-order valence-corrected chi connectivity index (χ0v) is 18.1. The summed E-state index contributed by atoms with van der Waals surface area (Å²) in [7, 11) is 1.74. The lowest BCUT2D eigenvalue weighted by Gasteiger charge is -2.43. The zero-order valence-electron chi connectivity index (χ0n) is 18.1. The molecule has 0 spiro atoms. The Bertz CT molecular complexity index is 1010. The number of benzene rings is 2. The van der Waals surface area contributed by atoms with Crippen LogP contribution in [0.2, 0.25) is 0 Å². The summed E-state index contributed by atoms with van der Waals surface area (Å²) < 4.78 is 5.91. The Morgan fingerprint density at radius 1 is 1.06 bits per heavy atom. The predicted molar refractivity (Wildman–Crippen MR) is 121 cm³/mol. The van der Waals surface area contributed by atoms with Crippen molar-refractivity contribution in [2.45, 2.75) is 24.9 Å². The molecule has 0 aromatic heterocycles. The Kier molecular flexibility index (Phi) is 5.32. The molecule has 3 amide bonds. The van der Waals surface area contributed by atoms with E-state index in [0.29, 0.717) is 0 Å². The van der Waals surface area contributed by atoms with Gasteiger partial charge < -0.3 is 14.5 Å². The van der Waals surface area contributed by atoms with E-state index in [9.17, 15) is 9.59 Å². The van der Waals surface area contributed by atoms with Crippen LogP contribution in [0.5, 0.6) is 11.5 Å². The molecule has 3 aliphatic heterocycles. The van der Waals surface area contributed by atoms with Gasteiger partial charge in [-0.05, 0) is 42.8 Å². The summed E-state index contributed by atoms with van der Waals surface area (Å²) in [4.78, 5) is 33.2. The Hall–Kier alpha value is -3.36. The van der Waals surface area contributed by atoms with Gasteiger partial charge in [0.1, 0.15) is 30.0 Å². The number of ether oxygens (including phenoxy) is 1. The zero-order chi connectivity index (χ0) is 22.2. The van der Waals surface area contributed by atoms with Gasteiger partial charge in [-0.1, -0.05) is 24.3 Å². The molecule has 0 bridgehead atoms. The van der Waals surface area contributed by atoms with E-state index in [2.05, 4.69) is 21.7 Å². The molecule has 8 heteroatoms. The number of anilines is 1. The largest absolute Gasteiger partial charge is 0.457 e. The normalized spacial score (nSPS) is 25.5. The highest BCUT2D eigenvalue weighted by molar-refractivity contribution is 6.00. The number of hydrogen-bond donors (Lipinski definition) is 1. The van der Waals surface area contributed by atoms with Crippen molar-refractivity contribution in [3.05, 3.63) is 67.3 Å². The van der Waals surface area contributed by atoms with Crippen molar-refractivity contribution in [1.29, 1.82) is 0 Å². The van der Waals surface area contributed by atoms with Gasteiger partial charge >= 0.3 is 6.03 Å². The highest BCUT2D eigenvalue weighted by Crippen LogP contribution is 2.34. The van der Waals surface area contributed by atoms with Gasteiger partial charge in [-0.25, -0.2) is 4.79 Å². The van der Waals surface area contributed by atoms with Crippen LogP contribution in [0.15, 0.2) is 67.3 Å². The minimum absolute atomic E-state index is 0.164. The van der Waals surface area contributed by atoms with Crippen LogP contribution >= 0.6 is 0 Å². The molecule has 3 fully saturated rings. The van der Waals surface area contributed by atoms with Crippen molar-refractivity contribution >= 4 is 17.6 Å². The molecule has 0 radical (unpaired) electrons. The summed E-state index contributed by atoms with van der Waals surface area (Å²) in [5.41, 5.74) is 1.04. The van der Waals surface area contributed by atoms with Crippen LogP contribution in [-0.4, -0.2) is 71.8 Å². The number of para-hydroxylation sites is 1. The number of imide groups is 1. The van der Waals surface area contributed by atoms with Crippen LogP contribution in [0, 0.1) is 0 Å². The van der Waals surface area contributed by atoms with Crippen LogP contribution in [0.3, 0.4) is 0 Å². The SMILES string of the molecule is C=CCN1C(=O)C2C(NC3N(c4ccc(Oc5ccccc5)cc4)CCCN23)N(C)C1=O. The van der Waals surface area contributed by atoms with E-state index < -0.39 is 6.04 Å². The summed E-state index contributed by atoms with van der Waals surface area (Å²) in [5.74, 6) is 1.39. The molecule has 1 N–H and O–H groups in total. The fourth-order valence-electron chi connectivity index (χ4n) is 4.81. The third-order valence-electron chi connectivity index (χ3n) is 6.33. The average Bonchev–Trinajstić information content (AvgIpc) is 3.22. The number of nitrogens with one attached hydrogen (secondary N) is 1. The van der Waals surface area contributed by atoms with E-state index in [0.717, 1.165) is 36.7 Å². The number of hydrogen-bond acceptors (Lipinski definition) is 6. The molecule has 3 unspecified atom stereocenters. The van der Waals surface area contributed by atoms with Gasteiger partial charge in [0.25, 0.3) is 5.91 Å². The number of carbonyl (C=O) groups excluding carboxylic acids is 2. The molecule has 8 nitrogen and oxygen atoms in total. The molecular formula is C24H27N5O3.